The number of thioether (sulfide) groups is 1. The van der Waals surface area contributed by atoms with Crippen LogP contribution in [0.3, 0.4) is 0 Å². The fourth-order valence-corrected chi connectivity index (χ4v) is 4.21. The number of aliphatic hydroxyl groups excluding tert-OH is 1. The van der Waals surface area contributed by atoms with Crippen LogP contribution in [-0.4, -0.2) is 23.2 Å². The van der Waals surface area contributed by atoms with Gasteiger partial charge in [-0.2, -0.15) is 0 Å². The van der Waals surface area contributed by atoms with Crippen molar-refractivity contribution >= 4 is 34.4 Å². The van der Waals surface area contributed by atoms with Crippen molar-refractivity contribution in [3.8, 4) is 5.75 Å². The molecular formula is C20H17O3S. The predicted molar refractivity (Wildman–Crippen MR) is 97.2 cm³/mol. The summed E-state index contributed by atoms with van der Waals surface area (Å²) in [5.41, 5.74) is 1.08. The van der Waals surface area contributed by atoms with E-state index in [2.05, 4.69) is 24.3 Å². The Hall–Kier alpha value is -2.20. The molecule has 2 aromatic carbocycles. The van der Waals surface area contributed by atoms with Gasteiger partial charge in [0.25, 0.3) is 0 Å². The van der Waals surface area contributed by atoms with Gasteiger partial charge in [-0.3, -0.25) is 4.79 Å². The SMILES string of the molecule is O=C1C=C(O)CCC1CSC1=Cc2ccc3c[c]ccc3c2OC1. The topological polar surface area (TPSA) is 46.5 Å². The zero-order valence-electron chi connectivity index (χ0n) is 13.1. The number of ether oxygens (including phenoxy) is 1. The number of carbonyl (C=O) groups excluding carboxylic acids is 1. The molecule has 0 bridgehead atoms. The van der Waals surface area contributed by atoms with Crippen LogP contribution in [0.1, 0.15) is 18.4 Å². The summed E-state index contributed by atoms with van der Waals surface area (Å²) in [4.78, 5) is 13.1. The van der Waals surface area contributed by atoms with Crippen molar-refractivity contribution < 1.29 is 14.6 Å². The Morgan fingerprint density at radius 3 is 3.08 bits per heavy atom. The maximum atomic E-state index is 11.9. The second-order valence-electron chi connectivity index (χ2n) is 6.12. The Morgan fingerprint density at radius 1 is 1.29 bits per heavy atom. The van der Waals surface area contributed by atoms with Crippen molar-refractivity contribution in [1.29, 1.82) is 0 Å². The number of hydrogen-bond acceptors (Lipinski definition) is 4. The van der Waals surface area contributed by atoms with E-state index in [0.29, 0.717) is 13.0 Å². The molecule has 0 fully saturated rings. The third kappa shape index (κ3) is 2.94. The molecule has 1 aliphatic heterocycles. The van der Waals surface area contributed by atoms with Crippen LogP contribution in [0.2, 0.25) is 0 Å². The molecule has 4 rings (SSSR count). The minimum atomic E-state index is -0.0136. The Bertz CT molecular complexity index is 866. The Balaban J connectivity index is 1.51. The monoisotopic (exact) mass is 337 g/mol. The summed E-state index contributed by atoms with van der Waals surface area (Å²) in [6.45, 7) is 0.539. The van der Waals surface area contributed by atoms with E-state index in [1.165, 1.54) is 6.08 Å². The number of fused-ring (bicyclic) bond motifs is 3. The maximum absolute atomic E-state index is 11.9. The molecule has 1 atom stereocenters. The first-order valence-corrected chi connectivity index (χ1v) is 9.01. The van der Waals surface area contributed by atoms with Gasteiger partial charge < -0.3 is 9.84 Å². The molecular weight excluding hydrogens is 320 g/mol. The molecule has 0 aromatic heterocycles. The zero-order chi connectivity index (χ0) is 16.5. The van der Waals surface area contributed by atoms with Gasteiger partial charge in [0.2, 0.25) is 0 Å². The van der Waals surface area contributed by atoms with Crippen molar-refractivity contribution in [1.82, 2.24) is 0 Å². The first-order valence-electron chi connectivity index (χ1n) is 8.03. The van der Waals surface area contributed by atoms with E-state index in [-0.39, 0.29) is 17.5 Å². The van der Waals surface area contributed by atoms with Crippen LogP contribution in [0.5, 0.6) is 5.75 Å². The number of rotatable bonds is 3. The summed E-state index contributed by atoms with van der Waals surface area (Å²) in [6, 6.07) is 13.1. The van der Waals surface area contributed by atoms with Gasteiger partial charge in [0.15, 0.2) is 5.78 Å². The minimum Gasteiger partial charge on any atom is -0.512 e. The molecule has 1 unspecified atom stereocenters. The lowest BCUT2D eigenvalue weighted by atomic mass is 9.94. The van der Waals surface area contributed by atoms with Crippen LogP contribution >= 0.6 is 11.8 Å². The second-order valence-corrected chi connectivity index (χ2v) is 7.26. The number of benzene rings is 2. The summed E-state index contributed by atoms with van der Waals surface area (Å²) in [5.74, 6) is 1.88. The molecule has 3 nitrogen and oxygen atoms in total. The molecule has 24 heavy (non-hydrogen) atoms. The summed E-state index contributed by atoms with van der Waals surface area (Å²) in [6.07, 6.45) is 4.84. The van der Waals surface area contributed by atoms with Crippen molar-refractivity contribution in [2.24, 2.45) is 5.92 Å². The van der Waals surface area contributed by atoms with E-state index in [0.717, 1.165) is 39.2 Å². The average Bonchev–Trinajstić information content (AvgIpc) is 2.60. The minimum absolute atomic E-state index is 0.0136. The molecule has 121 valence electrons. The third-order valence-electron chi connectivity index (χ3n) is 4.45. The van der Waals surface area contributed by atoms with Crippen LogP contribution in [0, 0.1) is 12.0 Å². The van der Waals surface area contributed by atoms with Gasteiger partial charge in [-0.1, -0.05) is 24.3 Å². The number of ketones is 1. The van der Waals surface area contributed by atoms with Gasteiger partial charge in [0.05, 0.1) is 5.76 Å². The van der Waals surface area contributed by atoms with Gasteiger partial charge >= 0.3 is 0 Å². The smallest absolute Gasteiger partial charge is 0.162 e. The van der Waals surface area contributed by atoms with Crippen LogP contribution in [0.4, 0.5) is 0 Å². The summed E-state index contributed by atoms with van der Waals surface area (Å²) in [7, 11) is 0. The molecule has 2 aromatic rings. The Morgan fingerprint density at radius 2 is 2.21 bits per heavy atom. The fraction of sp³-hybridized carbons (Fsp3) is 0.250. The van der Waals surface area contributed by atoms with E-state index >= 15 is 0 Å². The maximum Gasteiger partial charge on any atom is 0.162 e. The lowest BCUT2D eigenvalue weighted by Gasteiger charge is -2.22. The van der Waals surface area contributed by atoms with Gasteiger partial charge in [-0.05, 0) is 30.0 Å². The molecule has 2 aliphatic rings. The molecule has 4 heteroatoms. The predicted octanol–water partition coefficient (Wildman–Crippen LogP) is 4.53. The first-order chi connectivity index (χ1) is 11.7. The van der Waals surface area contributed by atoms with Crippen molar-refractivity contribution in [2.75, 3.05) is 12.4 Å². The largest absolute Gasteiger partial charge is 0.512 e. The lowest BCUT2D eigenvalue weighted by molar-refractivity contribution is -0.118. The molecule has 0 spiro atoms. The summed E-state index contributed by atoms with van der Waals surface area (Å²) < 4.78 is 5.99. The Labute approximate surface area is 145 Å². The average molecular weight is 337 g/mol. The van der Waals surface area contributed by atoms with Crippen LogP contribution in [0.25, 0.3) is 16.8 Å². The van der Waals surface area contributed by atoms with Gasteiger partial charge in [-0.25, -0.2) is 0 Å². The van der Waals surface area contributed by atoms with E-state index in [1.54, 1.807) is 11.8 Å². The molecule has 1 N–H and O–H groups in total. The normalized spacial score (nSPS) is 20.2. The van der Waals surface area contributed by atoms with Gasteiger partial charge in [0.1, 0.15) is 12.4 Å². The molecule has 1 radical (unpaired) electrons. The summed E-state index contributed by atoms with van der Waals surface area (Å²) in [5, 5.41) is 11.6. The number of aliphatic hydroxyl groups is 1. The molecule has 1 aliphatic carbocycles. The van der Waals surface area contributed by atoms with Crippen molar-refractivity contribution in [3.05, 3.63) is 58.7 Å². The summed E-state index contributed by atoms with van der Waals surface area (Å²) >= 11 is 1.68. The van der Waals surface area contributed by atoms with Crippen LogP contribution in [0.15, 0.2) is 47.1 Å². The highest BCUT2D eigenvalue weighted by Gasteiger charge is 2.23. The highest BCUT2D eigenvalue weighted by molar-refractivity contribution is 8.03. The van der Waals surface area contributed by atoms with E-state index < -0.39 is 0 Å². The second kappa shape index (κ2) is 6.36. The van der Waals surface area contributed by atoms with Crippen LogP contribution in [-0.2, 0) is 4.79 Å². The molecule has 0 amide bonds. The molecule has 1 heterocycles. The quantitative estimate of drug-likeness (QED) is 0.894. The standard InChI is InChI=1S/C20H17O3S/c21-16-8-7-15(19(22)10-16)12-24-17-9-14-6-5-13-3-1-2-4-18(13)20(14)23-11-17/h2-6,9-10,15,21H,7-8,11-12H2. The zero-order valence-corrected chi connectivity index (χ0v) is 13.9. The number of allylic oxidation sites excluding steroid dienone is 2. The lowest BCUT2D eigenvalue weighted by Crippen LogP contribution is -2.20. The van der Waals surface area contributed by atoms with E-state index in [4.69, 9.17) is 4.74 Å². The van der Waals surface area contributed by atoms with Crippen molar-refractivity contribution in [2.45, 2.75) is 12.8 Å². The Kier molecular flexibility index (Phi) is 4.07. The fourth-order valence-electron chi connectivity index (χ4n) is 3.11. The molecule has 0 saturated heterocycles. The van der Waals surface area contributed by atoms with E-state index in [1.807, 2.05) is 18.2 Å². The van der Waals surface area contributed by atoms with Gasteiger partial charge in [0, 0.05) is 40.0 Å². The van der Waals surface area contributed by atoms with Gasteiger partial charge in [-0.15, -0.1) is 11.8 Å². The highest BCUT2D eigenvalue weighted by atomic mass is 32.2. The molecule has 0 saturated carbocycles. The third-order valence-corrected chi connectivity index (χ3v) is 5.63. The van der Waals surface area contributed by atoms with Crippen molar-refractivity contribution in [3.63, 3.8) is 0 Å². The number of hydrogen-bond donors (Lipinski definition) is 1. The van der Waals surface area contributed by atoms with Crippen LogP contribution < -0.4 is 4.74 Å². The number of carbonyl (C=O) groups is 1. The first kappa shape index (κ1) is 15.3. The van der Waals surface area contributed by atoms with E-state index in [9.17, 15) is 9.90 Å². The highest BCUT2D eigenvalue weighted by Crippen LogP contribution is 2.37.